The van der Waals surface area contributed by atoms with Gasteiger partial charge in [0.2, 0.25) is 0 Å². The van der Waals surface area contributed by atoms with Gasteiger partial charge in [0, 0.05) is 19.6 Å². The number of alkyl halides is 2. The van der Waals surface area contributed by atoms with Gasteiger partial charge in [0.05, 0.1) is 19.6 Å². The molecule has 2 nitrogen and oxygen atoms in total. The van der Waals surface area contributed by atoms with E-state index in [1.807, 2.05) is 0 Å². The third kappa shape index (κ3) is 1.05. The Morgan fingerprint density at radius 3 is 1.73 bits per heavy atom. The molecule has 3 heterocycles. The Labute approximate surface area is 65.0 Å². The SMILES string of the molecule is FC(F)[N+]12CCN(CC1)CC2. The second-order valence-corrected chi connectivity index (χ2v) is 3.51. The second kappa shape index (κ2) is 2.38. The molecule has 3 aliphatic heterocycles. The monoisotopic (exact) mass is 163 g/mol. The molecule has 0 radical (unpaired) electrons. The first-order chi connectivity index (χ1) is 5.23. The molecule has 3 aliphatic rings. The minimum absolute atomic E-state index is 0.0660. The first kappa shape index (κ1) is 7.43. The maximum atomic E-state index is 12.6. The molecule has 3 rings (SSSR count). The number of piperazine rings is 3. The van der Waals surface area contributed by atoms with Gasteiger partial charge in [-0.15, -0.1) is 0 Å². The Bertz CT molecular complexity index is 139. The molecule has 2 bridgehead atoms. The molecule has 0 atom stereocenters. The summed E-state index contributed by atoms with van der Waals surface area (Å²) >= 11 is 0. The summed E-state index contributed by atoms with van der Waals surface area (Å²) in [6, 6.07) is 0. The van der Waals surface area contributed by atoms with Crippen molar-refractivity contribution in [1.82, 2.24) is 4.90 Å². The fourth-order valence-electron chi connectivity index (χ4n) is 1.99. The van der Waals surface area contributed by atoms with Crippen LogP contribution < -0.4 is 0 Å². The van der Waals surface area contributed by atoms with E-state index in [0.717, 1.165) is 19.6 Å². The zero-order chi connectivity index (χ0) is 7.90. The van der Waals surface area contributed by atoms with Gasteiger partial charge in [0.25, 0.3) is 0 Å². The molecule has 11 heavy (non-hydrogen) atoms. The van der Waals surface area contributed by atoms with Gasteiger partial charge in [0.15, 0.2) is 0 Å². The molecule has 0 aliphatic carbocycles. The molecule has 0 aromatic carbocycles. The van der Waals surface area contributed by atoms with Crippen LogP contribution in [0.5, 0.6) is 0 Å². The van der Waals surface area contributed by atoms with E-state index in [0.29, 0.717) is 19.6 Å². The van der Waals surface area contributed by atoms with E-state index in [9.17, 15) is 8.78 Å². The smallest absolute Gasteiger partial charge is 0.287 e. The van der Waals surface area contributed by atoms with E-state index in [2.05, 4.69) is 4.90 Å². The summed E-state index contributed by atoms with van der Waals surface area (Å²) in [5.41, 5.74) is 0. The standard InChI is InChI=1S/C7H13F2N2/c8-7(9)11-4-1-10(2-5-11)3-6-11/h7H,1-6H2/q+1. The van der Waals surface area contributed by atoms with Gasteiger partial charge in [0.1, 0.15) is 0 Å². The minimum Gasteiger partial charge on any atom is -0.287 e. The summed E-state index contributed by atoms with van der Waals surface area (Å²) in [5, 5.41) is 0. The molecule has 4 heteroatoms. The van der Waals surface area contributed by atoms with Crippen LogP contribution in [0.1, 0.15) is 0 Å². The largest absolute Gasteiger partial charge is 0.381 e. The van der Waals surface area contributed by atoms with Crippen LogP contribution in [0.3, 0.4) is 0 Å². The maximum Gasteiger partial charge on any atom is 0.381 e. The van der Waals surface area contributed by atoms with Crippen molar-refractivity contribution in [2.45, 2.75) is 6.55 Å². The number of rotatable bonds is 1. The van der Waals surface area contributed by atoms with Crippen LogP contribution in [0.4, 0.5) is 8.78 Å². The van der Waals surface area contributed by atoms with Crippen LogP contribution in [0.25, 0.3) is 0 Å². The zero-order valence-electron chi connectivity index (χ0n) is 6.47. The molecule has 0 aromatic rings. The third-order valence-corrected chi connectivity index (χ3v) is 3.00. The van der Waals surface area contributed by atoms with E-state index in [4.69, 9.17) is 0 Å². The van der Waals surface area contributed by atoms with Crippen molar-refractivity contribution in [3.63, 3.8) is 0 Å². The van der Waals surface area contributed by atoms with E-state index >= 15 is 0 Å². The van der Waals surface area contributed by atoms with Gasteiger partial charge < -0.3 is 0 Å². The Kier molecular flexibility index (Phi) is 1.61. The van der Waals surface area contributed by atoms with Crippen LogP contribution in [0.15, 0.2) is 0 Å². The summed E-state index contributed by atoms with van der Waals surface area (Å²) in [4.78, 5) is 2.27. The van der Waals surface area contributed by atoms with Gasteiger partial charge in [-0.3, -0.25) is 9.38 Å². The van der Waals surface area contributed by atoms with E-state index < -0.39 is 6.55 Å². The molecular formula is C7H13F2N2+. The Balaban J connectivity index is 2.12. The average Bonchev–Trinajstić information content (AvgIpc) is 2.08. The Morgan fingerprint density at radius 2 is 1.45 bits per heavy atom. The lowest BCUT2D eigenvalue weighted by molar-refractivity contribution is -0.990. The second-order valence-electron chi connectivity index (χ2n) is 3.51. The number of hydrogen-bond donors (Lipinski definition) is 0. The highest BCUT2D eigenvalue weighted by atomic mass is 19.3. The number of fused-ring (bicyclic) bond motifs is 3. The first-order valence-corrected chi connectivity index (χ1v) is 4.09. The normalized spacial score (nSPS) is 43.4. The summed E-state index contributed by atoms with van der Waals surface area (Å²) in [5.74, 6) is 0. The molecular weight excluding hydrogens is 150 g/mol. The maximum absolute atomic E-state index is 12.6. The van der Waals surface area contributed by atoms with Crippen LogP contribution in [-0.2, 0) is 0 Å². The van der Waals surface area contributed by atoms with E-state index in [1.165, 1.54) is 0 Å². The molecule has 0 amide bonds. The predicted molar refractivity (Wildman–Crippen MR) is 37.3 cm³/mol. The fourth-order valence-corrected chi connectivity index (χ4v) is 1.99. The van der Waals surface area contributed by atoms with Crippen LogP contribution in [0, 0.1) is 0 Å². The van der Waals surface area contributed by atoms with Crippen LogP contribution in [-0.4, -0.2) is 55.2 Å². The molecule has 0 aromatic heterocycles. The third-order valence-electron chi connectivity index (χ3n) is 3.00. The van der Waals surface area contributed by atoms with E-state index in [-0.39, 0.29) is 4.48 Å². The van der Waals surface area contributed by atoms with Crippen LogP contribution >= 0.6 is 0 Å². The molecule has 3 fully saturated rings. The van der Waals surface area contributed by atoms with Crippen molar-refractivity contribution in [3.8, 4) is 0 Å². The van der Waals surface area contributed by atoms with E-state index in [1.54, 1.807) is 0 Å². The topological polar surface area (TPSA) is 3.24 Å². The highest BCUT2D eigenvalue weighted by molar-refractivity contribution is 4.70. The summed E-state index contributed by atoms with van der Waals surface area (Å²) in [6.07, 6.45) is 0. The molecule has 0 spiro atoms. The molecule has 0 saturated carbocycles. The van der Waals surface area contributed by atoms with Crippen molar-refractivity contribution in [1.29, 1.82) is 0 Å². The zero-order valence-corrected chi connectivity index (χ0v) is 6.47. The number of hydrogen-bond acceptors (Lipinski definition) is 1. The number of halogens is 2. The number of quaternary nitrogens is 1. The quantitative estimate of drug-likeness (QED) is 0.398. The first-order valence-electron chi connectivity index (χ1n) is 4.09. The highest BCUT2D eigenvalue weighted by Crippen LogP contribution is 2.24. The highest BCUT2D eigenvalue weighted by Gasteiger charge is 2.44. The fraction of sp³-hybridized carbons (Fsp3) is 1.00. The summed E-state index contributed by atoms with van der Waals surface area (Å²) < 4.78 is 25.2. The van der Waals surface area contributed by atoms with Gasteiger partial charge in [-0.25, -0.2) is 0 Å². The van der Waals surface area contributed by atoms with Crippen molar-refractivity contribution >= 4 is 0 Å². The molecule has 0 N–H and O–H groups in total. The summed E-state index contributed by atoms with van der Waals surface area (Å²) in [6.45, 7) is 2.39. The lowest BCUT2D eigenvalue weighted by Crippen LogP contribution is -2.69. The van der Waals surface area contributed by atoms with Gasteiger partial charge in [-0.2, -0.15) is 8.78 Å². The Hall–Kier alpha value is -0.220. The lowest BCUT2D eigenvalue weighted by Gasteiger charge is -2.49. The summed E-state index contributed by atoms with van der Waals surface area (Å²) in [7, 11) is 0. The molecule has 3 saturated heterocycles. The van der Waals surface area contributed by atoms with Crippen molar-refractivity contribution in [3.05, 3.63) is 0 Å². The van der Waals surface area contributed by atoms with Crippen molar-refractivity contribution < 1.29 is 13.3 Å². The molecule has 64 valence electrons. The Morgan fingerprint density at radius 1 is 1.00 bits per heavy atom. The average molecular weight is 163 g/mol. The van der Waals surface area contributed by atoms with Gasteiger partial charge in [-0.1, -0.05) is 0 Å². The van der Waals surface area contributed by atoms with Gasteiger partial charge >= 0.3 is 6.55 Å². The predicted octanol–water partition coefficient (Wildman–Crippen LogP) is 0.355. The van der Waals surface area contributed by atoms with Crippen molar-refractivity contribution in [2.24, 2.45) is 0 Å². The molecule has 0 unspecified atom stereocenters. The lowest BCUT2D eigenvalue weighted by atomic mass is 10.2. The van der Waals surface area contributed by atoms with Crippen LogP contribution in [0.2, 0.25) is 0 Å². The van der Waals surface area contributed by atoms with Crippen molar-refractivity contribution in [2.75, 3.05) is 39.3 Å². The van der Waals surface area contributed by atoms with Gasteiger partial charge in [-0.05, 0) is 0 Å². The number of nitrogens with zero attached hydrogens (tertiary/aromatic N) is 2. The minimum atomic E-state index is -2.16.